The molecule has 118 valence electrons. The zero-order chi connectivity index (χ0) is 14.8. The second kappa shape index (κ2) is 9.97. The molecule has 1 fully saturated rings. The minimum absolute atomic E-state index is 0.526. The standard InChI is InChI=1S/C19H30O2/c1-2-17-10-12-19(13-11-17)21-15-7-6-14-20-16-18-8-4-3-5-9-18/h3-5,8-9,17,19H,2,6-7,10-16H2,1H3. The Morgan fingerprint density at radius 3 is 2.38 bits per heavy atom. The smallest absolute Gasteiger partial charge is 0.0716 e. The van der Waals surface area contributed by atoms with E-state index in [1.165, 1.54) is 37.7 Å². The van der Waals surface area contributed by atoms with Crippen LogP contribution in [0.2, 0.25) is 0 Å². The Balaban J connectivity index is 1.42. The van der Waals surface area contributed by atoms with Crippen molar-refractivity contribution in [1.29, 1.82) is 0 Å². The van der Waals surface area contributed by atoms with E-state index in [9.17, 15) is 0 Å². The molecule has 1 saturated carbocycles. The summed E-state index contributed by atoms with van der Waals surface area (Å²) in [6.45, 7) is 4.76. The van der Waals surface area contributed by atoms with E-state index >= 15 is 0 Å². The molecule has 0 heterocycles. The van der Waals surface area contributed by atoms with Crippen molar-refractivity contribution in [3.8, 4) is 0 Å². The molecule has 0 N–H and O–H groups in total. The normalized spacial score (nSPS) is 22.3. The van der Waals surface area contributed by atoms with Crippen molar-refractivity contribution in [3.05, 3.63) is 35.9 Å². The lowest BCUT2D eigenvalue weighted by Crippen LogP contribution is -2.21. The third-order valence-corrected chi connectivity index (χ3v) is 4.52. The fourth-order valence-electron chi connectivity index (χ4n) is 3.03. The van der Waals surface area contributed by atoms with Crippen LogP contribution in [0.4, 0.5) is 0 Å². The average molecular weight is 290 g/mol. The second-order valence-electron chi connectivity index (χ2n) is 6.17. The number of ether oxygens (including phenoxy) is 2. The maximum absolute atomic E-state index is 5.99. The maximum Gasteiger partial charge on any atom is 0.0716 e. The third-order valence-electron chi connectivity index (χ3n) is 4.52. The first-order valence-electron chi connectivity index (χ1n) is 8.61. The quantitative estimate of drug-likeness (QED) is 0.598. The molecule has 0 radical (unpaired) electrons. The lowest BCUT2D eigenvalue weighted by molar-refractivity contribution is 0.0123. The van der Waals surface area contributed by atoms with Gasteiger partial charge in [-0.1, -0.05) is 43.7 Å². The van der Waals surface area contributed by atoms with Crippen LogP contribution in [0, 0.1) is 5.92 Å². The van der Waals surface area contributed by atoms with Gasteiger partial charge in [-0.3, -0.25) is 0 Å². The Kier molecular flexibility index (Phi) is 7.83. The first-order valence-corrected chi connectivity index (χ1v) is 8.61. The van der Waals surface area contributed by atoms with Crippen LogP contribution in [0.3, 0.4) is 0 Å². The van der Waals surface area contributed by atoms with Crippen LogP contribution in [0.25, 0.3) is 0 Å². The zero-order valence-corrected chi connectivity index (χ0v) is 13.4. The van der Waals surface area contributed by atoms with Gasteiger partial charge in [-0.15, -0.1) is 0 Å². The van der Waals surface area contributed by atoms with Crippen LogP contribution >= 0.6 is 0 Å². The molecule has 0 saturated heterocycles. The van der Waals surface area contributed by atoms with E-state index in [2.05, 4.69) is 31.2 Å². The highest BCUT2D eigenvalue weighted by molar-refractivity contribution is 5.13. The van der Waals surface area contributed by atoms with E-state index in [0.717, 1.165) is 38.6 Å². The molecule has 1 aliphatic carbocycles. The van der Waals surface area contributed by atoms with E-state index in [1.54, 1.807) is 0 Å². The molecule has 1 aromatic carbocycles. The summed E-state index contributed by atoms with van der Waals surface area (Å²) in [5.41, 5.74) is 1.25. The first kappa shape index (κ1) is 16.5. The van der Waals surface area contributed by atoms with Crippen molar-refractivity contribution >= 4 is 0 Å². The summed E-state index contributed by atoms with van der Waals surface area (Å²) in [5.74, 6) is 0.955. The summed E-state index contributed by atoms with van der Waals surface area (Å²) in [6, 6.07) is 10.4. The average Bonchev–Trinajstić information content (AvgIpc) is 2.55. The molecule has 2 heteroatoms. The maximum atomic E-state index is 5.99. The van der Waals surface area contributed by atoms with Crippen molar-refractivity contribution in [2.75, 3.05) is 13.2 Å². The van der Waals surface area contributed by atoms with Crippen molar-refractivity contribution in [2.45, 2.75) is 64.6 Å². The molecule has 0 aromatic heterocycles. The Bertz CT molecular complexity index is 355. The number of hydrogen-bond donors (Lipinski definition) is 0. The van der Waals surface area contributed by atoms with Gasteiger partial charge in [-0.2, -0.15) is 0 Å². The Hall–Kier alpha value is -0.860. The molecule has 0 unspecified atom stereocenters. The van der Waals surface area contributed by atoms with Crippen LogP contribution in [0.15, 0.2) is 30.3 Å². The number of unbranched alkanes of at least 4 members (excludes halogenated alkanes) is 1. The van der Waals surface area contributed by atoms with Gasteiger partial charge < -0.3 is 9.47 Å². The van der Waals surface area contributed by atoms with Gasteiger partial charge in [0.1, 0.15) is 0 Å². The molecule has 21 heavy (non-hydrogen) atoms. The van der Waals surface area contributed by atoms with Crippen molar-refractivity contribution in [2.24, 2.45) is 5.92 Å². The van der Waals surface area contributed by atoms with Crippen LogP contribution in [0.5, 0.6) is 0 Å². The Morgan fingerprint density at radius 1 is 0.952 bits per heavy atom. The van der Waals surface area contributed by atoms with Gasteiger partial charge in [-0.25, -0.2) is 0 Å². The minimum atomic E-state index is 0.526. The number of hydrogen-bond acceptors (Lipinski definition) is 2. The molecular formula is C19H30O2. The number of benzene rings is 1. The Labute approximate surface area is 129 Å². The fourth-order valence-corrected chi connectivity index (χ4v) is 3.03. The van der Waals surface area contributed by atoms with Crippen LogP contribution in [-0.2, 0) is 16.1 Å². The predicted octanol–water partition coefficient (Wildman–Crippen LogP) is 4.97. The van der Waals surface area contributed by atoms with Gasteiger partial charge in [0.15, 0.2) is 0 Å². The van der Waals surface area contributed by atoms with E-state index in [4.69, 9.17) is 9.47 Å². The summed E-state index contributed by atoms with van der Waals surface area (Å²) < 4.78 is 11.7. The molecule has 0 aliphatic heterocycles. The molecule has 0 bridgehead atoms. The topological polar surface area (TPSA) is 18.5 Å². The van der Waals surface area contributed by atoms with Crippen molar-refractivity contribution < 1.29 is 9.47 Å². The summed E-state index contributed by atoms with van der Waals surface area (Å²) in [5, 5.41) is 0. The second-order valence-corrected chi connectivity index (χ2v) is 6.17. The van der Waals surface area contributed by atoms with Crippen molar-refractivity contribution in [3.63, 3.8) is 0 Å². The largest absolute Gasteiger partial charge is 0.378 e. The SMILES string of the molecule is CCC1CCC(OCCCCOCc2ccccc2)CC1. The Morgan fingerprint density at radius 2 is 1.67 bits per heavy atom. The fraction of sp³-hybridized carbons (Fsp3) is 0.684. The highest BCUT2D eigenvalue weighted by atomic mass is 16.5. The summed E-state index contributed by atoms with van der Waals surface area (Å²) in [7, 11) is 0. The van der Waals surface area contributed by atoms with E-state index in [0.29, 0.717) is 6.10 Å². The lowest BCUT2D eigenvalue weighted by atomic mass is 9.86. The zero-order valence-electron chi connectivity index (χ0n) is 13.4. The van der Waals surface area contributed by atoms with Gasteiger partial charge in [0.05, 0.1) is 12.7 Å². The first-order chi connectivity index (χ1) is 10.4. The monoisotopic (exact) mass is 290 g/mol. The van der Waals surface area contributed by atoms with Gasteiger partial charge >= 0.3 is 0 Å². The van der Waals surface area contributed by atoms with Gasteiger partial charge in [0.2, 0.25) is 0 Å². The molecule has 2 nitrogen and oxygen atoms in total. The molecular weight excluding hydrogens is 260 g/mol. The van der Waals surface area contributed by atoms with Gasteiger partial charge in [-0.05, 0) is 50.0 Å². The minimum Gasteiger partial charge on any atom is -0.378 e. The summed E-state index contributed by atoms with van der Waals surface area (Å²) in [6.07, 6.45) is 9.33. The predicted molar refractivity (Wildman–Crippen MR) is 87.3 cm³/mol. The summed E-state index contributed by atoms with van der Waals surface area (Å²) >= 11 is 0. The van der Waals surface area contributed by atoms with Gasteiger partial charge in [0.25, 0.3) is 0 Å². The molecule has 0 amide bonds. The molecule has 2 rings (SSSR count). The highest BCUT2D eigenvalue weighted by Crippen LogP contribution is 2.28. The molecule has 0 atom stereocenters. The van der Waals surface area contributed by atoms with Crippen LogP contribution < -0.4 is 0 Å². The number of rotatable bonds is 9. The van der Waals surface area contributed by atoms with E-state index in [1.807, 2.05) is 6.07 Å². The third kappa shape index (κ3) is 6.62. The summed E-state index contributed by atoms with van der Waals surface area (Å²) in [4.78, 5) is 0. The lowest BCUT2D eigenvalue weighted by Gasteiger charge is -2.27. The van der Waals surface area contributed by atoms with Crippen molar-refractivity contribution in [1.82, 2.24) is 0 Å². The molecule has 1 aliphatic rings. The van der Waals surface area contributed by atoms with Crippen LogP contribution in [0.1, 0.15) is 57.4 Å². The van der Waals surface area contributed by atoms with Gasteiger partial charge in [0, 0.05) is 13.2 Å². The molecule has 1 aromatic rings. The highest BCUT2D eigenvalue weighted by Gasteiger charge is 2.19. The van der Waals surface area contributed by atoms with E-state index < -0.39 is 0 Å². The van der Waals surface area contributed by atoms with E-state index in [-0.39, 0.29) is 0 Å². The molecule has 0 spiro atoms. The van der Waals surface area contributed by atoms with Crippen LogP contribution in [-0.4, -0.2) is 19.3 Å².